The summed E-state index contributed by atoms with van der Waals surface area (Å²) in [5.41, 5.74) is 1.13. The van der Waals surface area contributed by atoms with E-state index in [1.807, 2.05) is 12.1 Å². The van der Waals surface area contributed by atoms with Crippen molar-refractivity contribution in [3.05, 3.63) is 47.4 Å². The molecule has 0 unspecified atom stereocenters. The fraction of sp³-hybridized carbons (Fsp3) is 0.286. The lowest BCUT2D eigenvalue weighted by molar-refractivity contribution is 0.675. The molecule has 1 aromatic carbocycles. The zero-order chi connectivity index (χ0) is 13.5. The summed E-state index contributed by atoms with van der Waals surface area (Å²) >= 11 is 7.87. The van der Waals surface area contributed by atoms with Crippen molar-refractivity contribution in [2.75, 3.05) is 6.54 Å². The van der Waals surface area contributed by atoms with Crippen molar-refractivity contribution in [2.45, 2.75) is 29.8 Å². The van der Waals surface area contributed by atoms with Crippen molar-refractivity contribution >= 4 is 23.4 Å². The van der Waals surface area contributed by atoms with E-state index < -0.39 is 0 Å². The van der Waals surface area contributed by atoms with Gasteiger partial charge in [0, 0.05) is 22.7 Å². The average Bonchev–Trinajstić information content (AvgIpc) is 2.43. The molecule has 5 heteroatoms. The number of nitrogens with zero attached hydrogens (tertiary/aromatic N) is 2. The van der Waals surface area contributed by atoms with Crippen LogP contribution in [0.1, 0.15) is 18.9 Å². The zero-order valence-electron chi connectivity index (χ0n) is 10.8. The summed E-state index contributed by atoms with van der Waals surface area (Å²) in [6.45, 7) is 3.97. The van der Waals surface area contributed by atoms with Crippen LogP contribution in [-0.2, 0) is 6.54 Å². The summed E-state index contributed by atoms with van der Waals surface area (Å²) in [5.74, 6) is 0. The molecule has 1 heterocycles. The first-order chi connectivity index (χ1) is 9.29. The van der Waals surface area contributed by atoms with Crippen molar-refractivity contribution in [1.82, 2.24) is 15.3 Å². The molecule has 0 aliphatic rings. The van der Waals surface area contributed by atoms with Gasteiger partial charge < -0.3 is 5.32 Å². The molecule has 0 atom stereocenters. The number of hydrogen-bond donors (Lipinski definition) is 1. The molecule has 19 heavy (non-hydrogen) atoms. The molecule has 0 saturated carbocycles. The van der Waals surface area contributed by atoms with Crippen LogP contribution < -0.4 is 5.32 Å². The van der Waals surface area contributed by atoms with Gasteiger partial charge in [-0.2, -0.15) is 0 Å². The number of rotatable bonds is 6. The molecule has 0 bridgehead atoms. The standard InChI is InChI=1S/C14H16ClN3S/c1-2-6-16-9-11-3-4-12(8-13(11)15)19-14-5-7-17-10-18-14/h3-5,7-8,10,16H,2,6,9H2,1H3. The maximum Gasteiger partial charge on any atom is 0.116 e. The topological polar surface area (TPSA) is 37.8 Å². The SMILES string of the molecule is CCCNCc1ccc(Sc2ccncn2)cc1Cl. The highest BCUT2D eigenvalue weighted by atomic mass is 35.5. The van der Waals surface area contributed by atoms with Gasteiger partial charge in [0.1, 0.15) is 11.4 Å². The normalized spacial score (nSPS) is 10.6. The second kappa shape index (κ2) is 7.48. The maximum atomic E-state index is 6.29. The molecule has 0 fully saturated rings. The van der Waals surface area contributed by atoms with E-state index in [0.29, 0.717) is 0 Å². The molecule has 0 spiro atoms. The first-order valence-electron chi connectivity index (χ1n) is 6.22. The smallest absolute Gasteiger partial charge is 0.116 e. The first kappa shape index (κ1) is 14.3. The van der Waals surface area contributed by atoms with Crippen LogP contribution in [0, 0.1) is 0 Å². The van der Waals surface area contributed by atoms with Crippen LogP contribution in [0.15, 0.2) is 46.7 Å². The van der Waals surface area contributed by atoms with Gasteiger partial charge in [-0.3, -0.25) is 0 Å². The Hall–Kier alpha value is -1.10. The molecule has 0 aliphatic carbocycles. The largest absolute Gasteiger partial charge is 0.313 e. The van der Waals surface area contributed by atoms with Gasteiger partial charge in [-0.05, 0) is 36.7 Å². The molecule has 0 aliphatic heterocycles. The summed E-state index contributed by atoms with van der Waals surface area (Å²) in [7, 11) is 0. The Morgan fingerprint density at radius 2 is 2.21 bits per heavy atom. The van der Waals surface area contributed by atoms with E-state index in [-0.39, 0.29) is 0 Å². The van der Waals surface area contributed by atoms with Crippen LogP contribution >= 0.6 is 23.4 Å². The molecule has 1 N–H and O–H groups in total. The molecule has 100 valence electrons. The van der Waals surface area contributed by atoms with Gasteiger partial charge in [-0.1, -0.05) is 36.4 Å². The van der Waals surface area contributed by atoms with Crippen molar-refractivity contribution in [3.63, 3.8) is 0 Å². The van der Waals surface area contributed by atoms with Gasteiger partial charge in [0.15, 0.2) is 0 Å². The zero-order valence-corrected chi connectivity index (χ0v) is 12.3. The van der Waals surface area contributed by atoms with E-state index in [0.717, 1.165) is 40.0 Å². The summed E-state index contributed by atoms with van der Waals surface area (Å²) in [4.78, 5) is 9.17. The van der Waals surface area contributed by atoms with E-state index in [9.17, 15) is 0 Å². The number of halogens is 1. The van der Waals surface area contributed by atoms with E-state index >= 15 is 0 Å². The molecule has 1 aromatic heterocycles. The lowest BCUT2D eigenvalue weighted by atomic mass is 10.2. The third-order valence-corrected chi connectivity index (χ3v) is 3.84. The molecular formula is C14H16ClN3S. The highest BCUT2D eigenvalue weighted by Gasteiger charge is 2.04. The van der Waals surface area contributed by atoms with Gasteiger partial charge in [-0.15, -0.1) is 0 Å². The number of aromatic nitrogens is 2. The summed E-state index contributed by atoms with van der Waals surface area (Å²) in [6.07, 6.45) is 4.41. The highest BCUT2D eigenvalue weighted by Crippen LogP contribution is 2.29. The Morgan fingerprint density at radius 3 is 2.89 bits per heavy atom. The Morgan fingerprint density at radius 1 is 1.32 bits per heavy atom. The summed E-state index contributed by atoms with van der Waals surface area (Å²) < 4.78 is 0. The second-order valence-electron chi connectivity index (χ2n) is 4.08. The lowest BCUT2D eigenvalue weighted by Gasteiger charge is -2.07. The summed E-state index contributed by atoms with van der Waals surface area (Å²) in [5, 5.41) is 5.06. The molecular weight excluding hydrogens is 278 g/mol. The van der Waals surface area contributed by atoms with Gasteiger partial charge in [0.2, 0.25) is 0 Å². The Balaban J connectivity index is 2.02. The van der Waals surface area contributed by atoms with Crippen LogP contribution in [0.2, 0.25) is 5.02 Å². The van der Waals surface area contributed by atoms with E-state index in [1.54, 1.807) is 24.3 Å². The molecule has 2 rings (SSSR count). The van der Waals surface area contributed by atoms with Gasteiger partial charge in [-0.25, -0.2) is 9.97 Å². The van der Waals surface area contributed by atoms with Crippen LogP contribution in [0.25, 0.3) is 0 Å². The first-order valence-corrected chi connectivity index (χ1v) is 7.42. The monoisotopic (exact) mass is 293 g/mol. The molecule has 0 radical (unpaired) electrons. The van der Waals surface area contributed by atoms with Gasteiger partial charge in [0.25, 0.3) is 0 Å². The second-order valence-corrected chi connectivity index (χ2v) is 5.58. The van der Waals surface area contributed by atoms with Gasteiger partial charge in [0.05, 0.1) is 0 Å². The van der Waals surface area contributed by atoms with Crippen molar-refractivity contribution in [1.29, 1.82) is 0 Å². The van der Waals surface area contributed by atoms with E-state index in [1.165, 1.54) is 0 Å². The summed E-state index contributed by atoms with van der Waals surface area (Å²) in [6, 6.07) is 8.00. The third-order valence-electron chi connectivity index (χ3n) is 2.54. The quantitative estimate of drug-likeness (QED) is 0.650. The molecule has 0 saturated heterocycles. The van der Waals surface area contributed by atoms with Crippen LogP contribution in [0.5, 0.6) is 0 Å². The number of nitrogens with one attached hydrogen (secondary N) is 1. The Labute approximate surface area is 122 Å². The van der Waals surface area contributed by atoms with Crippen molar-refractivity contribution < 1.29 is 0 Å². The van der Waals surface area contributed by atoms with Crippen LogP contribution in [0.4, 0.5) is 0 Å². The lowest BCUT2D eigenvalue weighted by Crippen LogP contribution is -2.13. The van der Waals surface area contributed by atoms with E-state index in [4.69, 9.17) is 11.6 Å². The van der Waals surface area contributed by atoms with Crippen LogP contribution in [-0.4, -0.2) is 16.5 Å². The van der Waals surface area contributed by atoms with Gasteiger partial charge >= 0.3 is 0 Å². The van der Waals surface area contributed by atoms with Crippen molar-refractivity contribution in [2.24, 2.45) is 0 Å². The number of benzene rings is 1. The minimum Gasteiger partial charge on any atom is -0.313 e. The fourth-order valence-electron chi connectivity index (χ4n) is 1.59. The molecule has 3 nitrogen and oxygen atoms in total. The minimum atomic E-state index is 0.794. The minimum absolute atomic E-state index is 0.794. The predicted octanol–water partition coefficient (Wildman–Crippen LogP) is 3.78. The maximum absolute atomic E-state index is 6.29. The Bertz CT molecular complexity index is 519. The predicted molar refractivity (Wildman–Crippen MR) is 79.6 cm³/mol. The molecule has 0 amide bonds. The van der Waals surface area contributed by atoms with Crippen LogP contribution in [0.3, 0.4) is 0 Å². The number of hydrogen-bond acceptors (Lipinski definition) is 4. The molecule has 2 aromatic rings. The van der Waals surface area contributed by atoms with Crippen molar-refractivity contribution in [3.8, 4) is 0 Å². The highest BCUT2D eigenvalue weighted by molar-refractivity contribution is 7.99. The third kappa shape index (κ3) is 4.49. The van der Waals surface area contributed by atoms with E-state index in [2.05, 4.69) is 34.3 Å². The fourth-order valence-corrected chi connectivity index (χ4v) is 2.69. The Kier molecular flexibility index (Phi) is 5.63. The average molecular weight is 294 g/mol.